The number of carbonyl (C=O) groups excluding carboxylic acids is 1. The molecule has 3 N–H and O–H groups in total. The lowest BCUT2D eigenvalue weighted by Gasteiger charge is -2.06. The van der Waals surface area contributed by atoms with Gasteiger partial charge in [-0.25, -0.2) is 0 Å². The van der Waals surface area contributed by atoms with Crippen molar-refractivity contribution >= 4 is 11.7 Å². The summed E-state index contributed by atoms with van der Waals surface area (Å²) in [6.45, 7) is 1.73. The van der Waals surface area contributed by atoms with E-state index in [1.165, 1.54) is 0 Å². The Balaban J connectivity index is 2.39. The third-order valence-corrected chi connectivity index (χ3v) is 1.76. The third kappa shape index (κ3) is 3.42. The number of nitrogens with one attached hydrogen (secondary N) is 2. The maximum atomic E-state index is 11.3. The van der Waals surface area contributed by atoms with Gasteiger partial charge in [0, 0.05) is 19.6 Å². The number of rotatable bonds is 3. The summed E-state index contributed by atoms with van der Waals surface area (Å²) < 4.78 is 0. The number of aliphatic hydroxyl groups is 1. The van der Waals surface area contributed by atoms with Gasteiger partial charge < -0.3 is 15.7 Å². The van der Waals surface area contributed by atoms with Gasteiger partial charge in [0.05, 0.1) is 6.61 Å². The standard InChI is InChI=1S/C8H15N3O2/c12-6-5-11-8(13)7-9-3-1-2-4-10-7/h12H,1-6H2,(H,9,10)(H,11,13). The van der Waals surface area contributed by atoms with Crippen LogP contribution in [0.2, 0.25) is 0 Å². The lowest BCUT2D eigenvalue weighted by Crippen LogP contribution is -2.41. The Morgan fingerprint density at radius 2 is 2.46 bits per heavy atom. The van der Waals surface area contributed by atoms with E-state index in [0.29, 0.717) is 12.4 Å². The SMILES string of the molecule is O=C(NCCO)C1=NCCCCN1. The van der Waals surface area contributed by atoms with Gasteiger partial charge in [0.1, 0.15) is 0 Å². The number of amides is 1. The molecule has 13 heavy (non-hydrogen) atoms. The van der Waals surface area contributed by atoms with Gasteiger partial charge in [0.15, 0.2) is 5.84 Å². The second kappa shape index (κ2) is 5.53. The molecule has 0 aromatic carbocycles. The normalized spacial score (nSPS) is 16.8. The highest BCUT2D eigenvalue weighted by molar-refractivity contribution is 6.37. The van der Waals surface area contributed by atoms with E-state index in [1.54, 1.807) is 0 Å². The van der Waals surface area contributed by atoms with Crippen LogP contribution in [-0.2, 0) is 4.79 Å². The highest BCUT2D eigenvalue weighted by Gasteiger charge is 2.11. The first-order chi connectivity index (χ1) is 6.34. The van der Waals surface area contributed by atoms with E-state index in [1.807, 2.05) is 0 Å². The molecule has 0 saturated heterocycles. The molecule has 0 fully saturated rings. The van der Waals surface area contributed by atoms with Crippen molar-refractivity contribution in [1.82, 2.24) is 10.6 Å². The van der Waals surface area contributed by atoms with Gasteiger partial charge in [-0.05, 0) is 12.8 Å². The van der Waals surface area contributed by atoms with E-state index >= 15 is 0 Å². The number of amidine groups is 1. The number of aliphatic imine (C=N–C) groups is 1. The van der Waals surface area contributed by atoms with Gasteiger partial charge in [-0.2, -0.15) is 0 Å². The molecule has 1 aliphatic heterocycles. The van der Waals surface area contributed by atoms with Gasteiger partial charge in [0.25, 0.3) is 5.91 Å². The fraction of sp³-hybridized carbons (Fsp3) is 0.750. The molecule has 0 aromatic heterocycles. The zero-order valence-corrected chi connectivity index (χ0v) is 7.55. The molecule has 0 spiro atoms. The minimum absolute atomic E-state index is 0.0426. The summed E-state index contributed by atoms with van der Waals surface area (Å²) in [4.78, 5) is 15.4. The molecule has 0 bridgehead atoms. The molecule has 5 heteroatoms. The van der Waals surface area contributed by atoms with Gasteiger partial charge in [-0.15, -0.1) is 0 Å². The molecule has 1 amide bonds. The fourth-order valence-electron chi connectivity index (χ4n) is 1.10. The quantitative estimate of drug-likeness (QED) is 0.521. The summed E-state index contributed by atoms with van der Waals surface area (Å²) in [5, 5.41) is 14.0. The molecule has 1 aliphatic rings. The van der Waals surface area contributed by atoms with Gasteiger partial charge in [0.2, 0.25) is 0 Å². The molecule has 0 saturated carbocycles. The average molecular weight is 185 g/mol. The van der Waals surface area contributed by atoms with E-state index < -0.39 is 0 Å². The molecule has 1 heterocycles. The first kappa shape index (κ1) is 9.98. The predicted molar refractivity (Wildman–Crippen MR) is 49.6 cm³/mol. The van der Waals surface area contributed by atoms with E-state index in [2.05, 4.69) is 15.6 Å². The van der Waals surface area contributed by atoms with E-state index in [9.17, 15) is 4.79 Å². The smallest absolute Gasteiger partial charge is 0.286 e. The van der Waals surface area contributed by atoms with Crippen molar-refractivity contribution in [1.29, 1.82) is 0 Å². The predicted octanol–water partition coefficient (Wildman–Crippen LogP) is -1.12. The lowest BCUT2D eigenvalue weighted by atomic mass is 10.3. The Morgan fingerprint density at radius 3 is 3.23 bits per heavy atom. The molecular weight excluding hydrogens is 170 g/mol. The van der Waals surface area contributed by atoms with Crippen molar-refractivity contribution in [2.24, 2.45) is 4.99 Å². The van der Waals surface area contributed by atoms with Crippen LogP contribution < -0.4 is 10.6 Å². The van der Waals surface area contributed by atoms with Crippen LogP contribution in [0.5, 0.6) is 0 Å². The van der Waals surface area contributed by atoms with E-state index in [-0.39, 0.29) is 19.1 Å². The highest BCUT2D eigenvalue weighted by Crippen LogP contribution is 1.93. The van der Waals surface area contributed by atoms with Crippen molar-refractivity contribution in [3.63, 3.8) is 0 Å². The second-order valence-electron chi connectivity index (χ2n) is 2.84. The lowest BCUT2D eigenvalue weighted by molar-refractivity contribution is -0.115. The third-order valence-electron chi connectivity index (χ3n) is 1.76. The van der Waals surface area contributed by atoms with Crippen molar-refractivity contribution in [2.75, 3.05) is 26.2 Å². The summed E-state index contributed by atoms with van der Waals surface area (Å²) >= 11 is 0. The number of aliphatic hydroxyl groups excluding tert-OH is 1. The summed E-state index contributed by atoms with van der Waals surface area (Å²) in [6, 6.07) is 0. The van der Waals surface area contributed by atoms with Crippen molar-refractivity contribution in [3.8, 4) is 0 Å². The zero-order valence-electron chi connectivity index (χ0n) is 7.55. The molecule has 0 unspecified atom stereocenters. The van der Waals surface area contributed by atoms with Crippen molar-refractivity contribution in [2.45, 2.75) is 12.8 Å². The van der Waals surface area contributed by atoms with Gasteiger partial charge in [-0.1, -0.05) is 0 Å². The maximum Gasteiger partial charge on any atom is 0.286 e. The van der Waals surface area contributed by atoms with Crippen LogP contribution in [0.4, 0.5) is 0 Å². The Morgan fingerprint density at radius 1 is 1.62 bits per heavy atom. The number of hydrogen-bond acceptors (Lipinski definition) is 4. The Labute approximate surface area is 77.2 Å². The Hall–Kier alpha value is -1.10. The number of nitrogens with zero attached hydrogens (tertiary/aromatic N) is 1. The number of carbonyl (C=O) groups is 1. The van der Waals surface area contributed by atoms with Crippen LogP contribution in [0.1, 0.15) is 12.8 Å². The van der Waals surface area contributed by atoms with Gasteiger partial charge >= 0.3 is 0 Å². The molecule has 0 radical (unpaired) electrons. The minimum atomic E-state index is -0.226. The Kier molecular flexibility index (Phi) is 4.25. The van der Waals surface area contributed by atoms with Gasteiger partial charge in [-0.3, -0.25) is 9.79 Å². The topological polar surface area (TPSA) is 73.7 Å². The van der Waals surface area contributed by atoms with E-state index in [0.717, 1.165) is 19.4 Å². The van der Waals surface area contributed by atoms with Crippen LogP contribution in [-0.4, -0.2) is 43.1 Å². The summed E-state index contributed by atoms with van der Waals surface area (Å²) in [5.74, 6) is 0.168. The highest BCUT2D eigenvalue weighted by atomic mass is 16.3. The van der Waals surface area contributed by atoms with Crippen LogP contribution in [0, 0.1) is 0 Å². The van der Waals surface area contributed by atoms with Crippen molar-refractivity contribution in [3.05, 3.63) is 0 Å². The van der Waals surface area contributed by atoms with E-state index in [4.69, 9.17) is 5.11 Å². The second-order valence-corrected chi connectivity index (χ2v) is 2.84. The summed E-state index contributed by atoms with van der Waals surface area (Å²) in [6.07, 6.45) is 2.06. The Bertz CT molecular complexity index is 204. The molecular formula is C8H15N3O2. The largest absolute Gasteiger partial charge is 0.395 e. The molecule has 1 rings (SSSR count). The van der Waals surface area contributed by atoms with Crippen LogP contribution in [0.25, 0.3) is 0 Å². The molecule has 74 valence electrons. The maximum absolute atomic E-state index is 11.3. The minimum Gasteiger partial charge on any atom is -0.395 e. The van der Waals surface area contributed by atoms with Crippen LogP contribution >= 0.6 is 0 Å². The van der Waals surface area contributed by atoms with Crippen molar-refractivity contribution < 1.29 is 9.90 Å². The first-order valence-corrected chi connectivity index (χ1v) is 4.52. The molecule has 0 aromatic rings. The summed E-state index contributed by atoms with van der Waals surface area (Å²) in [7, 11) is 0. The van der Waals surface area contributed by atoms with Crippen LogP contribution in [0.15, 0.2) is 4.99 Å². The molecule has 0 aliphatic carbocycles. The molecule has 0 atom stereocenters. The molecule has 5 nitrogen and oxygen atoms in total. The number of hydrogen-bond donors (Lipinski definition) is 3. The monoisotopic (exact) mass is 185 g/mol. The fourth-order valence-corrected chi connectivity index (χ4v) is 1.10. The summed E-state index contributed by atoms with van der Waals surface area (Å²) in [5.41, 5.74) is 0. The van der Waals surface area contributed by atoms with Crippen LogP contribution in [0.3, 0.4) is 0 Å². The zero-order chi connectivity index (χ0) is 9.52. The first-order valence-electron chi connectivity index (χ1n) is 4.52. The average Bonchev–Trinajstić information content (AvgIpc) is 2.42.